The van der Waals surface area contributed by atoms with Crippen molar-refractivity contribution >= 4 is 5.91 Å². The van der Waals surface area contributed by atoms with Crippen molar-refractivity contribution in [3.05, 3.63) is 35.4 Å². The zero-order valence-electron chi connectivity index (χ0n) is 12.0. The van der Waals surface area contributed by atoms with Gasteiger partial charge < -0.3 is 10.2 Å². The van der Waals surface area contributed by atoms with E-state index in [0.717, 1.165) is 37.3 Å². The second-order valence-electron chi connectivity index (χ2n) is 5.35. The van der Waals surface area contributed by atoms with Gasteiger partial charge in [0.1, 0.15) is 0 Å². The first-order chi connectivity index (χ1) is 9.22. The molecule has 0 bridgehead atoms. The normalized spacial score (nSPS) is 16.3. The predicted molar refractivity (Wildman–Crippen MR) is 78.4 cm³/mol. The summed E-state index contributed by atoms with van der Waals surface area (Å²) in [5.41, 5.74) is 1.91. The zero-order valence-corrected chi connectivity index (χ0v) is 12.0. The van der Waals surface area contributed by atoms with Gasteiger partial charge in [0.2, 0.25) is 0 Å². The van der Waals surface area contributed by atoms with Crippen LogP contribution in [0.25, 0.3) is 0 Å². The molecule has 1 heterocycles. The van der Waals surface area contributed by atoms with Crippen LogP contribution in [0, 0.1) is 12.8 Å². The third kappa shape index (κ3) is 3.57. The molecule has 1 aliphatic rings. The quantitative estimate of drug-likeness (QED) is 0.902. The molecule has 0 unspecified atom stereocenters. The molecule has 3 nitrogen and oxygen atoms in total. The average Bonchev–Trinajstić information content (AvgIpc) is 2.46. The maximum absolute atomic E-state index is 12.6. The van der Waals surface area contributed by atoms with Crippen LogP contribution in [0.4, 0.5) is 0 Å². The van der Waals surface area contributed by atoms with Crippen LogP contribution in [-0.2, 0) is 0 Å². The zero-order chi connectivity index (χ0) is 13.7. The lowest BCUT2D eigenvalue weighted by molar-refractivity contribution is 0.0726. The number of nitrogens with one attached hydrogen (secondary N) is 1. The number of hydrogen-bond donors (Lipinski definition) is 1. The Morgan fingerprint density at radius 3 is 2.63 bits per heavy atom. The van der Waals surface area contributed by atoms with Crippen molar-refractivity contribution in [2.75, 3.05) is 26.2 Å². The number of piperidine rings is 1. The Morgan fingerprint density at radius 2 is 2.00 bits per heavy atom. The average molecular weight is 260 g/mol. The van der Waals surface area contributed by atoms with Gasteiger partial charge in [-0.2, -0.15) is 0 Å². The Morgan fingerprint density at radius 1 is 1.32 bits per heavy atom. The standard InChI is InChI=1S/C16H24N2O/c1-3-18(12-14-8-10-17-11-9-14)16(19)15-7-5-4-6-13(15)2/h4-7,14,17H,3,8-12H2,1-2H3. The highest BCUT2D eigenvalue weighted by Gasteiger charge is 2.21. The van der Waals surface area contributed by atoms with Crippen molar-refractivity contribution < 1.29 is 4.79 Å². The molecular weight excluding hydrogens is 236 g/mol. The van der Waals surface area contributed by atoms with Crippen LogP contribution in [0.1, 0.15) is 35.7 Å². The number of amides is 1. The summed E-state index contributed by atoms with van der Waals surface area (Å²) in [6, 6.07) is 7.86. The Kier molecular flexibility index (Phi) is 4.97. The smallest absolute Gasteiger partial charge is 0.254 e. The van der Waals surface area contributed by atoms with Gasteiger partial charge in [-0.3, -0.25) is 4.79 Å². The van der Waals surface area contributed by atoms with Gasteiger partial charge in [0.15, 0.2) is 0 Å². The molecule has 19 heavy (non-hydrogen) atoms. The van der Waals surface area contributed by atoms with E-state index in [2.05, 4.69) is 12.2 Å². The van der Waals surface area contributed by atoms with Crippen molar-refractivity contribution in [3.8, 4) is 0 Å². The number of rotatable bonds is 4. The van der Waals surface area contributed by atoms with Gasteiger partial charge in [0, 0.05) is 18.7 Å². The van der Waals surface area contributed by atoms with Crippen molar-refractivity contribution in [2.24, 2.45) is 5.92 Å². The predicted octanol–water partition coefficient (Wildman–Crippen LogP) is 2.46. The van der Waals surface area contributed by atoms with E-state index in [1.807, 2.05) is 36.1 Å². The number of nitrogens with zero attached hydrogens (tertiary/aromatic N) is 1. The summed E-state index contributed by atoms with van der Waals surface area (Å²) in [7, 11) is 0. The van der Waals surface area contributed by atoms with Gasteiger partial charge in [0.25, 0.3) is 5.91 Å². The molecular formula is C16H24N2O. The lowest BCUT2D eigenvalue weighted by Crippen LogP contribution is -2.39. The summed E-state index contributed by atoms with van der Waals surface area (Å²) in [4.78, 5) is 14.6. The molecule has 2 rings (SSSR count). The SMILES string of the molecule is CCN(CC1CCNCC1)C(=O)c1ccccc1C. The largest absolute Gasteiger partial charge is 0.339 e. The molecule has 0 aromatic heterocycles. The van der Waals surface area contributed by atoms with Crippen LogP contribution >= 0.6 is 0 Å². The monoisotopic (exact) mass is 260 g/mol. The molecule has 0 saturated carbocycles. The number of carbonyl (C=O) groups is 1. The molecule has 104 valence electrons. The second-order valence-corrected chi connectivity index (χ2v) is 5.35. The van der Waals surface area contributed by atoms with E-state index in [1.165, 1.54) is 12.8 Å². The Labute approximate surface area is 116 Å². The maximum Gasteiger partial charge on any atom is 0.254 e. The molecule has 1 aromatic carbocycles. The molecule has 0 spiro atoms. The number of hydrogen-bond acceptors (Lipinski definition) is 2. The van der Waals surface area contributed by atoms with Gasteiger partial charge in [-0.25, -0.2) is 0 Å². The highest BCUT2D eigenvalue weighted by molar-refractivity contribution is 5.95. The van der Waals surface area contributed by atoms with Crippen molar-refractivity contribution in [1.82, 2.24) is 10.2 Å². The van der Waals surface area contributed by atoms with E-state index in [-0.39, 0.29) is 5.91 Å². The highest BCUT2D eigenvalue weighted by atomic mass is 16.2. The first-order valence-corrected chi connectivity index (χ1v) is 7.28. The number of carbonyl (C=O) groups excluding carboxylic acids is 1. The number of benzene rings is 1. The summed E-state index contributed by atoms with van der Waals surface area (Å²) in [6.45, 7) is 7.92. The van der Waals surface area contributed by atoms with Crippen LogP contribution in [0.3, 0.4) is 0 Å². The molecule has 0 aliphatic carbocycles. The fraction of sp³-hybridized carbons (Fsp3) is 0.562. The summed E-state index contributed by atoms with van der Waals surface area (Å²) >= 11 is 0. The lowest BCUT2D eigenvalue weighted by Gasteiger charge is -2.29. The first-order valence-electron chi connectivity index (χ1n) is 7.28. The first kappa shape index (κ1) is 14.1. The Balaban J connectivity index is 2.04. The fourth-order valence-electron chi connectivity index (χ4n) is 2.71. The second kappa shape index (κ2) is 6.71. The minimum atomic E-state index is 0.180. The van der Waals surface area contributed by atoms with E-state index in [4.69, 9.17) is 0 Å². The van der Waals surface area contributed by atoms with Gasteiger partial charge in [-0.15, -0.1) is 0 Å². The van der Waals surface area contributed by atoms with Gasteiger partial charge in [0.05, 0.1) is 0 Å². The molecule has 0 atom stereocenters. The molecule has 1 aromatic rings. The molecule has 1 saturated heterocycles. The summed E-state index contributed by atoms with van der Waals surface area (Å²) < 4.78 is 0. The third-order valence-corrected chi connectivity index (χ3v) is 3.98. The molecule has 3 heteroatoms. The lowest BCUT2D eigenvalue weighted by atomic mass is 9.97. The van der Waals surface area contributed by atoms with Gasteiger partial charge in [-0.1, -0.05) is 18.2 Å². The fourth-order valence-corrected chi connectivity index (χ4v) is 2.71. The van der Waals surface area contributed by atoms with Crippen LogP contribution in [0.2, 0.25) is 0 Å². The summed E-state index contributed by atoms with van der Waals surface area (Å²) in [5, 5.41) is 3.37. The Bertz CT molecular complexity index is 425. The molecule has 0 radical (unpaired) electrons. The van der Waals surface area contributed by atoms with Crippen LogP contribution < -0.4 is 5.32 Å². The minimum absolute atomic E-state index is 0.180. The van der Waals surface area contributed by atoms with E-state index < -0.39 is 0 Å². The minimum Gasteiger partial charge on any atom is -0.339 e. The van der Waals surface area contributed by atoms with E-state index >= 15 is 0 Å². The van der Waals surface area contributed by atoms with E-state index in [0.29, 0.717) is 5.92 Å². The van der Waals surface area contributed by atoms with E-state index in [1.54, 1.807) is 0 Å². The van der Waals surface area contributed by atoms with Crippen LogP contribution in [0.15, 0.2) is 24.3 Å². The van der Waals surface area contributed by atoms with Crippen molar-refractivity contribution in [3.63, 3.8) is 0 Å². The third-order valence-electron chi connectivity index (χ3n) is 3.98. The summed E-state index contributed by atoms with van der Waals surface area (Å²) in [5.74, 6) is 0.827. The van der Waals surface area contributed by atoms with E-state index in [9.17, 15) is 4.79 Å². The van der Waals surface area contributed by atoms with Gasteiger partial charge in [-0.05, 0) is 57.3 Å². The Hall–Kier alpha value is -1.35. The number of aryl methyl sites for hydroxylation is 1. The molecule has 1 fully saturated rings. The molecule has 1 N–H and O–H groups in total. The molecule has 1 aliphatic heterocycles. The maximum atomic E-state index is 12.6. The molecule has 1 amide bonds. The van der Waals surface area contributed by atoms with Crippen molar-refractivity contribution in [1.29, 1.82) is 0 Å². The highest BCUT2D eigenvalue weighted by Crippen LogP contribution is 2.16. The van der Waals surface area contributed by atoms with Crippen LogP contribution in [0.5, 0.6) is 0 Å². The van der Waals surface area contributed by atoms with Crippen molar-refractivity contribution in [2.45, 2.75) is 26.7 Å². The topological polar surface area (TPSA) is 32.3 Å². The summed E-state index contributed by atoms with van der Waals surface area (Å²) in [6.07, 6.45) is 2.36. The van der Waals surface area contributed by atoms with Crippen LogP contribution in [-0.4, -0.2) is 37.0 Å². The van der Waals surface area contributed by atoms with Gasteiger partial charge >= 0.3 is 0 Å².